The normalized spacial score (nSPS) is 18.3. The minimum atomic E-state index is -0.0594. The zero-order valence-electron chi connectivity index (χ0n) is 11.1. The number of hydrogen-bond acceptors (Lipinski definition) is 4. The van der Waals surface area contributed by atoms with Crippen molar-refractivity contribution in [2.45, 2.75) is 18.8 Å². The molecule has 5 nitrogen and oxygen atoms in total. The van der Waals surface area contributed by atoms with E-state index < -0.39 is 0 Å². The molecule has 0 aromatic carbocycles. The molecule has 0 spiro atoms. The topological polar surface area (TPSA) is 67.0 Å². The van der Waals surface area contributed by atoms with Crippen molar-refractivity contribution in [3.63, 3.8) is 0 Å². The zero-order chi connectivity index (χ0) is 13.8. The number of carbonyl (C=O) groups is 1. The van der Waals surface area contributed by atoms with Crippen LogP contribution in [0, 0.1) is 0 Å². The fraction of sp³-hybridized carbons (Fsp3) is 0.429. The molecule has 2 aromatic heterocycles. The summed E-state index contributed by atoms with van der Waals surface area (Å²) in [4.78, 5) is 12.2. The predicted octanol–water partition coefficient (Wildman–Crippen LogP) is 1.95. The van der Waals surface area contributed by atoms with Crippen molar-refractivity contribution in [3.8, 4) is 0 Å². The van der Waals surface area contributed by atoms with E-state index >= 15 is 0 Å². The van der Waals surface area contributed by atoms with Gasteiger partial charge < -0.3 is 10.1 Å². The van der Waals surface area contributed by atoms with Crippen LogP contribution < -0.4 is 5.32 Å². The molecule has 0 saturated carbocycles. The Kier molecular flexibility index (Phi) is 4.13. The van der Waals surface area contributed by atoms with Crippen LogP contribution in [-0.4, -0.2) is 35.9 Å². The predicted molar refractivity (Wildman–Crippen MR) is 77.1 cm³/mol. The molecule has 1 atom stereocenters. The Morgan fingerprint density at radius 1 is 1.60 bits per heavy atom. The van der Waals surface area contributed by atoms with E-state index in [2.05, 4.69) is 27.0 Å². The summed E-state index contributed by atoms with van der Waals surface area (Å²) in [6.07, 6.45) is 3.40. The average Bonchev–Trinajstić information content (AvgIpc) is 3.19. The van der Waals surface area contributed by atoms with Gasteiger partial charge in [0.2, 0.25) is 0 Å². The molecule has 0 radical (unpaired) electrons. The van der Waals surface area contributed by atoms with Crippen molar-refractivity contribution < 1.29 is 9.53 Å². The van der Waals surface area contributed by atoms with E-state index in [4.69, 9.17) is 4.74 Å². The minimum Gasteiger partial charge on any atom is -0.381 e. The Bertz CT molecular complexity index is 559. The fourth-order valence-corrected chi connectivity index (χ4v) is 3.10. The molecule has 20 heavy (non-hydrogen) atoms. The van der Waals surface area contributed by atoms with Gasteiger partial charge in [-0.15, -0.1) is 0 Å². The lowest BCUT2D eigenvalue weighted by Crippen LogP contribution is -2.26. The van der Waals surface area contributed by atoms with Gasteiger partial charge in [0, 0.05) is 19.1 Å². The number of amides is 1. The molecular formula is C14H17N3O2S. The lowest BCUT2D eigenvalue weighted by Gasteiger charge is -2.08. The number of aromatic nitrogens is 2. The van der Waals surface area contributed by atoms with Crippen LogP contribution in [0.1, 0.15) is 34.0 Å². The second-order valence-electron chi connectivity index (χ2n) is 4.90. The van der Waals surface area contributed by atoms with Gasteiger partial charge in [0.15, 0.2) is 0 Å². The van der Waals surface area contributed by atoms with E-state index in [0.717, 1.165) is 25.1 Å². The molecular weight excluding hydrogens is 274 g/mol. The third-order valence-corrected chi connectivity index (χ3v) is 4.26. The largest absolute Gasteiger partial charge is 0.381 e. The third-order valence-electron chi connectivity index (χ3n) is 3.53. The first-order valence-electron chi connectivity index (χ1n) is 6.75. The van der Waals surface area contributed by atoms with Gasteiger partial charge in [0.25, 0.3) is 5.91 Å². The maximum Gasteiger partial charge on any atom is 0.254 e. The van der Waals surface area contributed by atoms with Crippen LogP contribution in [0.25, 0.3) is 0 Å². The smallest absolute Gasteiger partial charge is 0.254 e. The molecule has 6 heteroatoms. The maximum atomic E-state index is 12.2. The lowest BCUT2D eigenvalue weighted by atomic mass is 10.0. The van der Waals surface area contributed by atoms with Crippen LogP contribution in [0.5, 0.6) is 0 Å². The van der Waals surface area contributed by atoms with E-state index in [1.807, 2.05) is 5.38 Å². The zero-order valence-corrected chi connectivity index (χ0v) is 11.9. The summed E-state index contributed by atoms with van der Waals surface area (Å²) < 4.78 is 5.37. The first-order chi connectivity index (χ1) is 9.84. The second-order valence-corrected chi connectivity index (χ2v) is 5.68. The van der Waals surface area contributed by atoms with Crippen molar-refractivity contribution in [1.82, 2.24) is 15.5 Å². The van der Waals surface area contributed by atoms with Gasteiger partial charge in [0.1, 0.15) is 0 Å². The highest BCUT2D eigenvalue weighted by Crippen LogP contribution is 2.25. The van der Waals surface area contributed by atoms with Crippen molar-refractivity contribution in [2.75, 3.05) is 19.8 Å². The number of aromatic amines is 1. The Hall–Kier alpha value is -1.66. The molecule has 1 amide bonds. The number of rotatable bonds is 5. The van der Waals surface area contributed by atoms with Gasteiger partial charge in [-0.2, -0.15) is 16.4 Å². The number of ether oxygens (including phenoxy) is 1. The fourth-order valence-electron chi connectivity index (χ4n) is 2.40. The molecule has 2 aromatic rings. The molecule has 1 saturated heterocycles. The van der Waals surface area contributed by atoms with E-state index in [1.165, 1.54) is 5.56 Å². The van der Waals surface area contributed by atoms with Crippen molar-refractivity contribution in [2.24, 2.45) is 0 Å². The third kappa shape index (κ3) is 2.91. The quantitative estimate of drug-likeness (QED) is 0.885. The van der Waals surface area contributed by atoms with Crippen LogP contribution in [0.3, 0.4) is 0 Å². The van der Waals surface area contributed by atoms with E-state index in [9.17, 15) is 4.79 Å². The summed E-state index contributed by atoms with van der Waals surface area (Å²) in [5.74, 6) is 0.200. The Balaban J connectivity index is 1.58. The molecule has 3 rings (SSSR count). The molecule has 0 unspecified atom stereocenters. The summed E-state index contributed by atoms with van der Waals surface area (Å²) >= 11 is 1.67. The number of H-pyrrole nitrogens is 1. The minimum absolute atomic E-state index is 0.0594. The van der Waals surface area contributed by atoms with Crippen molar-refractivity contribution in [1.29, 1.82) is 0 Å². The van der Waals surface area contributed by atoms with Crippen LogP contribution in [0.15, 0.2) is 23.0 Å². The first-order valence-corrected chi connectivity index (χ1v) is 7.69. The van der Waals surface area contributed by atoms with Gasteiger partial charge in [-0.25, -0.2) is 0 Å². The van der Waals surface area contributed by atoms with Crippen molar-refractivity contribution in [3.05, 3.63) is 39.8 Å². The number of carbonyl (C=O) groups excluding carboxylic acids is 1. The summed E-state index contributed by atoms with van der Waals surface area (Å²) in [6.45, 7) is 2.06. The SMILES string of the molecule is O=C(NCCc1ccsc1)c1cn[nH]c1[C@H]1CCOC1. The monoisotopic (exact) mass is 291 g/mol. The molecule has 1 fully saturated rings. The van der Waals surface area contributed by atoms with Gasteiger partial charge in [-0.05, 0) is 35.2 Å². The first kappa shape index (κ1) is 13.3. The highest BCUT2D eigenvalue weighted by molar-refractivity contribution is 7.07. The average molecular weight is 291 g/mol. The number of nitrogens with one attached hydrogen (secondary N) is 2. The summed E-state index contributed by atoms with van der Waals surface area (Å²) in [5, 5.41) is 14.1. The second kappa shape index (κ2) is 6.19. The van der Waals surface area contributed by atoms with Crippen molar-refractivity contribution >= 4 is 17.2 Å². The molecule has 0 aliphatic carbocycles. The van der Waals surface area contributed by atoms with Gasteiger partial charge in [0.05, 0.1) is 24.1 Å². The lowest BCUT2D eigenvalue weighted by molar-refractivity contribution is 0.0952. The Morgan fingerprint density at radius 2 is 2.55 bits per heavy atom. The van der Waals surface area contributed by atoms with Crippen LogP contribution in [-0.2, 0) is 11.2 Å². The van der Waals surface area contributed by atoms with E-state index in [-0.39, 0.29) is 11.8 Å². The molecule has 1 aliphatic heterocycles. The van der Waals surface area contributed by atoms with Crippen LogP contribution in [0.2, 0.25) is 0 Å². The number of nitrogens with zero attached hydrogens (tertiary/aromatic N) is 1. The van der Waals surface area contributed by atoms with Gasteiger partial charge in [-0.3, -0.25) is 9.89 Å². The molecule has 106 valence electrons. The highest BCUT2D eigenvalue weighted by Gasteiger charge is 2.24. The maximum absolute atomic E-state index is 12.2. The highest BCUT2D eigenvalue weighted by atomic mass is 32.1. The molecule has 3 heterocycles. The number of thiophene rings is 1. The Morgan fingerprint density at radius 3 is 3.30 bits per heavy atom. The Labute approximate surface area is 121 Å². The molecule has 0 bridgehead atoms. The molecule has 2 N–H and O–H groups in total. The van der Waals surface area contributed by atoms with E-state index in [1.54, 1.807) is 17.5 Å². The molecule has 1 aliphatic rings. The van der Waals surface area contributed by atoms with E-state index in [0.29, 0.717) is 18.7 Å². The van der Waals surface area contributed by atoms with Gasteiger partial charge >= 0.3 is 0 Å². The summed E-state index contributed by atoms with van der Waals surface area (Å²) in [7, 11) is 0. The van der Waals surface area contributed by atoms with Crippen LogP contribution in [0.4, 0.5) is 0 Å². The number of hydrogen-bond donors (Lipinski definition) is 2. The summed E-state index contributed by atoms with van der Waals surface area (Å²) in [6, 6.07) is 2.08. The standard InChI is InChI=1S/C14H17N3O2S/c18-14(15-4-1-10-3-6-20-9-10)12-7-16-17-13(12)11-2-5-19-8-11/h3,6-7,9,11H,1-2,4-5,8H2,(H,15,18)(H,16,17)/t11-/m0/s1. The van der Waals surface area contributed by atoms with Crippen LogP contribution >= 0.6 is 11.3 Å². The van der Waals surface area contributed by atoms with Gasteiger partial charge in [-0.1, -0.05) is 0 Å². The summed E-state index contributed by atoms with van der Waals surface area (Å²) in [5.41, 5.74) is 2.80.